The summed E-state index contributed by atoms with van der Waals surface area (Å²) in [6.07, 6.45) is 0.594. The lowest BCUT2D eigenvalue weighted by molar-refractivity contribution is 0.586. The summed E-state index contributed by atoms with van der Waals surface area (Å²) in [5.41, 5.74) is 3.32. The van der Waals surface area contributed by atoms with Gasteiger partial charge in [-0.1, -0.05) is 53.6 Å². The molecule has 0 amide bonds. The number of anilines is 1. The highest BCUT2D eigenvalue weighted by molar-refractivity contribution is 7.93. The fourth-order valence-electron chi connectivity index (χ4n) is 2.90. The average molecular weight is 348 g/mol. The zero-order valence-electron chi connectivity index (χ0n) is 13.1. The van der Waals surface area contributed by atoms with Crippen molar-refractivity contribution in [1.82, 2.24) is 0 Å². The van der Waals surface area contributed by atoms with Gasteiger partial charge in [-0.05, 0) is 44.0 Å². The first-order chi connectivity index (χ1) is 10.8. The van der Waals surface area contributed by atoms with Crippen molar-refractivity contribution in [3.05, 3.63) is 70.8 Å². The first-order valence-corrected chi connectivity index (χ1v) is 9.18. The first-order valence-electron chi connectivity index (χ1n) is 7.36. The van der Waals surface area contributed by atoms with E-state index in [1.165, 1.54) is 4.31 Å². The molecule has 3 nitrogen and oxygen atoms in total. The summed E-state index contributed by atoms with van der Waals surface area (Å²) in [6, 6.07) is 12.0. The number of benzene rings is 2. The van der Waals surface area contributed by atoms with E-state index in [0.29, 0.717) is 17.1 Å². The number of aryl methyl sites for hydroxylation is 1. The lowest BCUT2D eigenvalue weighted by Gasteiger charge is -2.28. The van der Waals surface area contributed by atoms with Crippen LogP contribution in [0.2, 0.25) is 5.02 Å². The molecule has 0 saturated carbocycles. The van der Waals surface area contributed by atoms with Crippen LogP contribution in [0, 0.1) is 6.92 Å². The molecule has 2 aromatic rings. The summed E-state index contributed by atoms with van der Waals surface area (Å²) in [5, 5.41) is 0.446. The lowest BCUT2D eigenvalue weighted by Crippen LogP contribution is -2.38. The highest BCUT2D eigenvalue weighted by Crippen LogP contribution is 2.43. The number of hydrogen-bond acceptors (Lipinski definition) is 2. The smallest absolute Gasteiger partial charge is 0.257 e. The Morgan fingerprint density at radius 2 is 1.87 bits per heavy atom. The molecule has 0 aromatic heterocycles. The van der Waals surface area contributed by atoms with Gasteiger partial charge in [0.05, 0.1) is 21.6 Å². The number of rotatable bonds is 3. The molecule has 5 heteroatoms. The zero-order chi connectivity index (χ0) is 16.8. The van der Waals surface area contributed by atoms with Crippen molar-refractivity contribution in [1.29, 1.82) is 0 Å². The van der Waals surface area contributed by atoms with Crippen molar-refractivity contribution in [2.75, 3.05) is 4.31 Å². The van der Waals surface area contributed by atoms with E-state index in [4.69, 9.17) is 11.6 Å². The van der Waals surface area contributed by atoms with Crippen molar-refractivity contribution in [3.63, 3.8) is 0 Å². The normalized spacial score (nSPS) is 17.2. The maximum Gasteiger partial charge on any atom is 0.264 e. The minimum atomic E-state index is -3.70. The van der Waals surface area contributed by atoms with Gasteiger partial charge in [0.25, 0.3) is 10.0 Å². The minimum absolute atomic E-state index is 0.266. The van der Waals surface area contributed by atoms with Crippen LogP contribution in [0.15, 0.2) is 59.5 Å². The maximum atomic E-state index is 13.2. The van der Waals surface area contributed by atoms with E-state index in [1.807, 2.05) is 26.0 Å². The van der Waals surface area contributed by atoms with Crippen LogP contribution < -0.4 is 4.31 Å². The molecule has 3 rings (SSSR count). The van der Waals surface area contributed by atoms with E-state index < -0.39 is 10.0 Å². The SMILES string of the molecule is C=C(C)C1Cc2cccc(Cl)c2N1S(=O)(=O)c1ccc(C)cc1. The van der Waals surface area contributed by atoms with Crippen LogP contribution in [-0.4, -0.2) is 14.5 Å². The molecular weight excluding hydrogens is 330 g/mol. The van der Waals surface area contributed by atoms with E-state index in [0.717, 1.165) is 16.7 Å². The van der Waals surface area contributed by atoms with Crippen molar-refractivity contribution >= 4 is 27.3 Å². The third kappa shape index (κ3) is 2.66. The molecular formula is C18H18ClNO2S. The molecule has 0 N–H and O–H groups in total. The number of hydrogen-bond donors (Lipinski definition) is 0. The second kappa shape index (κ2) is 5.69. The zero-order valence-corrected chi connectivity index (χ0v) is 14.7. The molecule has 0 radical (unpaired) electrons. The molecule has 1 aliphatic heterocycles. The number of halogens is 1. The van der Waals surface area contributed by atoms with Crippen molar-refractivity contribution in [3.8, 4) is 0 Å². The highest BCUT2D eigenvalue weighted by atomic mass is 35.5. The highest BCUT2D eigenvalue weighted by Gasteiger charge is 2.40. The van der Waals surface area contributed by atoms with Gasteiger partial charge in [-0.15, -0.1) is 0 Å². The van der Waals surface area contributed by atoms with Crippen LogP contribution in [0.5, 0.6) is 0 Å². The monoisotopic (exact) mass is 347 g/mol. The van der Waals surface area contributed by atoms with E-state index in [-0.39, 0.29) is 10.9 Å². The van der Waals surface area contributed by atoms with Crippen LogP contribution in [0.4, 0.5) is 5.69 Å². The fraction of sp³-hybridized carbons (Fsp3) is 0.222. The van der Waals surface area contributed by atoms with Gasteiger partial charge in [0.1, 0.15) is 0 Å². The van der Waals surface area contributed by atoms with Gasteiger partial charge < -0.3 is 0 Å². The molecule has 0 aliphatic carbocycles. The Kier molecular flexibility index (Phi) is 3.98. The van der Waals surface area contributed by atoms with Crippen molar-refractivity contribution in [2.45, 2.75) is 31.2 Å². The van der Waals surface area contributed by atoms with Crippen molar-refractivity contribution < 1.29 is 8.42 Å². The Hall–Kier alpha value is -1.78. The van der Waals surface area contributed by atoms with Gasteiger partial charge in [-0.25, -0.2) is 8.42 Å². The van der Waals surface area contributed by atoms with Crippen molar-refractivity contribution in [2.24, 2.45) is 0 Å². The Balaban J connectivity index is 2.19. The molecule has 1 atom stereocenters. The summed E-state index contributed by atoms with van der Waals surface area (Å²) in [5.74, 6) is 0. The van der Waals surface area contributed by atoms with Crippen LogP contribution in [0.1, 0.15) is 18.1 Å². The molecule has 0 fully saturated rings. The van der Waals surface area contributed by atoms with E-state index >= 15 is 0 Å². The van der Waals surface area contributed by atoms with Crippen LogP contribution in [0.3, 0.4) is 0 Å². The third-order valence-corrected chi connectivity index (χ3v) is 6.26. The standard InChI is InChI=1S/C18H18ClNO2S/c1-12(2)17-11-14-5-4-6-16(19)18(14)20(17)23(21,22)15-9-7-13(3)8-10-15/h4-10,17H,1,11H2,2-3H3. The van der Waals surface area contributed by atoms with Crippen LogP contribution in [-0.2, 0) is 16.4 Å². The molecule has 0 bridgehead atoms. The molecule has 0 spiro atoms. The summed E-state index contributed by atoms with van der Waals surface area (Å²) < 4.78 is 27.8. The maximum absolute atomic E-state index is 13.2. The minimum Gasteiger partial charge on any atom is -0.257 e. The average Bonchev–Trinajstić information content (AvgIpc) is 2.89. The molecule has 0 saturated heterocycles. The predicted octanol–water partition coefficient (Wildman–Crippen LogP) is 4.34. The summed E-state index contributed by atoms with van der Waals surface area (Å²) in [7, 11) is -3.70. The van der Waals surface area contributed by atoms with Gasteiger partial charge >= 0.3 is 0 Å². The summed E-state index contributed by atoms with van der Waals surface area (Å²) in [4.78, 5) is 0.266. The molecule has 120 valence electrons. The number of nitrogens with zero attached hydrogens (tertiary/aromatic N) is 1. The molecule has 2 aromatic carbocycles. The van der Waals surface area contributed by atoms with Crippen LogP contribution in [0.25, 0.3) is 0 Å². The molecule has 1 heterocycles. The van der Waals surface area contributed by atoms with Gasteiger partial charge in [-0.3, -0.25) is 4.31 Å². The summed E-state index contributed by atoms with van der Waals surface area (Å²) >= 11 is 6.32. The third-order valence-electron chi connectivity index (χ3n) is 4.13. The fourth-order valence-corrected chi connectivity index (χ4v) is 4.99. The number of para-hydroxylation sites is 1. The topological polar surface area (TPSA) is 37.4 Å². The lowest BCUT2D eigenvalue weighted by atomic mass is 10.1. The van der Waals surface area contributed by atoms with Crippen LogP contribution >= 0.6 is 11.6 Å². The molecule has 1 unspecified atom stereocenters. The second-order valence-electron chi connectivity index (χ2n) is 5.93. The van der Waals surface area contributed by atoms with E-state index in [2.05, 4.69) is 6.58 Å². The number of fused-ring (bicyclic) bond motifs is 1. The summed E-state index contributed by atoms with van der Waals surface area (Å²) in [6.45, 7) is 7.75. The number of sulfonamides is 1. The van der Waals surface area contributed by atoms with E-state index in [9.17, 15) is 8.42 Å². The second-order valence-corrected chi connectivity index (χ2v) is 8.15. The van der Waals surface area contributed by atoms with Gasteiger partial charge in [0.15, 0.2) is 0 Å². The van der Waals surface area contributed by atoms with E-state index in [1.54, 1.807) is 30.3 Å². The molecule has 23 heavy (non-hydrogen) atoms. The molecule has 1 aliphatic rings. The Bertz CT molecular complexity index is 872. The quantitative estimate of drug-likeness (QED) is 0.774. The first kappa shape index (κ1) is 16.1. The Morgan fingerprint density at radius 3 is 2.48 bits per heavy atom. The van der Waals surface area contributed by atoms with Gasteiger partial charge in [0.2, 0.25) is 0 Å². The van der Waals surface area contributed by atoms with Gasteiger partial charge in [0, 0.05) is 0 Å². The van der Waals surface area contributed by atoms with Gasteiger partial charge in [-0.2, -0.15) is 0 Å². The predicted molar refractivity (Wildman–Crippen MR) is 94.6 cm³/mol. The largest absolute Gasteiger partial charge is 0.264 e. The Morgan fingerprint density at radius 1 is 1.22 bits per heavy atom. The Labute approximate surface area is 142 Å².